The Morgan fingerprint density at radius 2 is 2.05 bits per heavy atom. The second kappa shape index (κ2) is 5.62. The molecule has 4 heteroatoms. The van der Waals surface area contributed by atoms with E-state index in [1.807, 2.05) is 6.92 Å². The van der Waals surface area contributed by atoms with E-state index in [0.717, 1.165) is 25.7 Å². The van der Waals surface area contributed by atoms with Crippen LogP contribution in [0.25, 0.3) is 0 Å². The fourth-order valence-electron chi connectivity index (χ4n) is 5.34. The number of hydrogen-bond acceptors (Lipinski definition) is 3. The van der Waals surface area contributed by atoms with Crippen LogP contribution in [0.4, 0.5) is 0 Å². The molecule has 2 aliphatic heterocycles. The number of amides is 1. The molecule has 0 unspecified atom stereocenters. The average Bonchev–Trinajstić information content (AvgIpc) is 2.83. The summed E-state index contributed by atoms with van der Waals surface area (Å²) in [4.78, 5) is 26.7. The smallest absolute Gasteiger partial charge is 0.307 e. The van der Waals surface area contributed by atoms with Crippen LogP contribution in [-0.2, 0) is 14.3 Å². The second-order valence-corrected chi connectivity index (χ2v) is 7.10. The second-order valence-electron chi connectivity index (χ2n) is 7.10. The number of rotatable bonds is 3. The van der Waals surface area contributed by atoms with Crippen LogP contribution < -0.4 is 0 Å². The highest BCUT2D eigenvalue weighted by Crippen LogP contribution is 2.54. The van der Waals surface area contributed by atoms with E-state index in [2.05, 4.69) is 11.8 Å². The molecule has 21 heavy (non-hydrogen) atoms. The summed E-state index contributed by atoms with van der Waals surface area (Å²) in [6, 6.07) is 0.0680. The van der Waals surface area contributed by atoms with Gasteiger partial charge in [0.15, 0.2) is 0 Å². The Balaban J connectivity index is 1.85. The molecule has 1 saturated carbocycles. The maximum atomic E-state index is 12.7. The fourth-order valence-corrected chi connectivity index (χ4v) is 5.34. The largest absolute Gasteiger partial charge is 0.466 e. The van der Waals surface area contributed by atoms with Crippen molar-refractivity contribution < 1.29 is 14.3 Å². The molecule has 0 aromatic rings. The number of hydrogen-bond donors (Lipinski definition) is 0. The molecule has 3 fully saturated rings. The molecule has 4 atom stereocenters. The zero-order valence-corrected chi connectivity index (χ0v) is 13.3. The highest BCUT2D eigenvalue weighted by molar-refractivity contribution is 5.80. The van der Waals surface area contributed by atoms with Crippen molar-refractivity contribution in [3.63, 3.8) is 0 Å². The normalized spacial score (nSPS) is 38.9. The highest BCUT2D eigenvalue weighted by Gasteiger charge is 2.57. The van der Waals surface area contributed by atoms with Gasteiger partial charge < -0.3 is 9.64 Å². The van der Waals surface area contributed by atoms with Crippen molar-refractivity contribution in [2.75, 3.05) is 6.61 Å². The summed E-state index contributed by atoms with van der Waals surface area (Å²) in [5, 5.41) is 0. The van der Waals surface area contributed by atoms with Gasteiger partial charge in [-0.1, -0.05) is 13.3 Å². The average molecular weight is 293 g/mol. The minimum absolute atomic E-state index is 0.0597. The van der Waals surface area contributed by atoms with Gasteiger partial charge in [-0.3, -0.25) is 9.59 Å². The summed E-state index contributed by atoms with van der Waals surface area (Å²) >= 11 is 0. The molecular formula is C17H27NO3. The van der Waals surface area contributed by atoms with Crippen molar-refractivity contribution in [1.29, 1.82) is 0 Å². The van der Waals surface area contributed by atoms with E-state index in [1.165, 1.54) is 12.8 Å². The zero-order valence-electron chi connectivity index (χ0n) is 13.3. The van der Waals surface area contributed by atoms with E-state index in [1.54, 1.807) is 0 Å². The number of esters is 1. The monoisotopic (exact) mass is 293 g/mol. The van der Waals surface area contributed by atoms with Gasteiger partial charge in [0, 0.05) is 18.0 Å². The van der Waals surface area contributed by atoms with Crippen LogP contribution in [0.15, 0.2) is 0 Å². The molecule has 2 heterocycles. The van der Waals surface area contributed by atoms with Gasteiger partial charge in [-0.25, -0.2) is 0 Å². The number of carbonyl (C=O) groups excluding carboxylic acids is 2. The van der Waals surface area contributed by atoms with Crippen molar-refractivity contribution in [2.45, 2.75) is 76.8 Å². The molecule has 1 amide bonds. The van der Waals surface area contributed by atoms with E-state index in [9.17, 15) is 9.59 Å². The lowest BCUT2D eigenvalue weighted by atomic mass is 9.67. The lowest BCUT2D eigenvalue weighted by Gasteiger charge is -2.57. The van der Waals surface area contributed by atoms with Gasteiger partial charge in [0.05, 0.1) is 13.0 Å². The molecule has 1 spiro atoms. The van der Waals surface area contributed by atoms with Crippen LogP contribution in [0.1, 0.15) is 65.2 Å². The van der Waals surface area contributed by atoms with Crippen molar-refractivity contribution in [3.8, 4) is 0 Å². The topological polar surface area (TPSA) is 46.6 Å². The van der Waals surface area contributed by atoms with Gasteiger partial charge in [-0.2, -0.15) is 0 Å². The first kappa shape index (κ1) is 14.9. The van der Waals surface area contributed by atoms with Crippen molar-refractivity contribution in [3.05, 3.63) is 0 Å². The van der Waals surface area contributed by atoms with Crippen LogP contribution in [0, 0.1) is 11.8 Å². The van der Waals surface area contributed by atoms with Crippen molar-refractivity contribution in [2.24, 2.45) is 11.8 Å². The highest BCUT2D eigenvalue weighted by atomic mass is 16.5. The zero-order chi connectivity index (χ0) is 15.0. The quantitative estimate of drug-likeness (QED) is 0.752. The number of carbonyl (C=O) groups is 2. The molecule has 4 nitrogen and oxygen atoms in total. The predicted octanol–water partition coefficient (Wildman–Crippen LogP) is 2.90. The Kier molecular flexibility index (Phi) is 3.98. The van der Waals surface area contributed by atoms with E-state index in [4.69, 9.17) is 4.74 Å². The van der Waals surface area contributed by atoms with Gasteiger partial charge in [-0.15, -0.1) is 0 Å². The third-order valence-electron chi connectivity index (χ3n) is 5.97. The molecular weight excluding hydrogens is 266 g/mol. The molecule has 0 aromatic carbocycles. The molecule has 1 aliphatic carbocycles. The molecule has 0 N–H and O–H groups in total. The number of piperidine rings is 2. The fraction of sp³-hybridized carbons (Fsp3) is 0.882. The van der Waals surface area contributed by atoms with E-state index >= 15 is 0 Å². The summed E-state index contributed by atoms with van der Waals surface area (Å²) in [6.07, 6.45) is 7.86. The summed E-state index contributed by atoms with van der Waals surface area (Å²) in [5.74, 6) is 1.26. The summed E-state index contributed by atoms with van der Waals surface area (Å²) in [7, 11) is 0. The molecule has 118 valence electrons. The van der Waals surface area contributed by atoms with E-state index in [0.29, 0.717) is 31.3 Å². The SMILES string of the molecule is CCOC(=O)C[C@H]1CCC[C@@]23CCC[C@@H]2[C@@H](C)CC(=O)N13. The van der Waals surface area contributed by atoms with Gasteiger partial charge >= 0.3 is 5.97 Å². The first-order chi connectivity index (χ1) is 10.1. The van der Waals surface area contributed by atoms with Gasteiger partial charge in [0.2, 0.25) is 5.91 Å². The van der Waals surface area contributed by atoms with Gasteiger partial charge in [-0.05, 0) is 50.9 Å². The number of ether oxygens (including phenoxy) is 1. The van der Waals surface area contributed by atoms with Crippen LogP contribution >= 0.6 is 0 Å². The van der Waals surface area contributed by atoms with Crippen molar-refractivity contribution in [1.82, 2.24) is 4.90 Å². The Morgan fingerprint density at radius 3 is 2.76 bits per heavy atom. The Bertz CT molecular complexity index is 436. The minimum atomic E-state index is -0.152. The Hall–Kier alpha value is -1.06. The predicted molar refractivity (Wildman–Crippen MR) is 79.6 cm³/mol. The summed E-state index contributed by atoms with van der Waals surface area (Å²) in [5.41, 5.74) is 0.0597. The van der Waals surface area contributed by atoms with E-state index in [-0.39, 0.29) is 23.5 Å². The first-order valence-electron chi connectivity index (χ1n) is 8.56. The maximum Gasteiger partial charge on any atom is 0.307 e. The van der Waals surface area contributed by atoms with Crippen LogP contribution in [0.5, 0.6) is 0 Å². The standard InChI is InChI=1S/C17H27NO3/c1-3-21-16(20)11-13-6-4-8-17-9-5-7-14(17)12(2)10-15(19)18(13)17/h12-14H,3-11H2,1-2H3/t12-,13+,14+,17+/m0/s1. The lowest BCUT2D eigenvalue weighted by molar-refractivity contribution is -0.162. The third kappa shape index (κ3) is 2.36. The van der Waals surface area contributed by atoms with Gasteiger partial charge in [0.25, 0.3) is 0 Å². The minimum Gasteiger partial charge on any atom is -0.466 e. The van der Waals surface area contributed by atoms with Crippen LogP contribution in [0.3, 0.4) is 0 Å². The molecule has 3 aliphatic rings. The summed E-state index contributed by atoms with van der Waals surface area (Å²) in [6.45, 7) is 4.49. The summed E-state index contributed by atoms with van der Waals surface area (Å²) < 4.78 is 5.11. The molecule has 2 saturated heterocycles. The molecule has 0 bridgehead atoms. The molecule has 0 aromatic heterocycles. The van der Waals surface area contributed by atoms with Gasteiger partial charge in [0.1, 0.15) is 0 Å². The first-order valence-corrected chi connectivity index (χ1v) is 8.56. The molecule has 3 rings (SSSR count). The van der Waals surface area contributed by atoms with Crippen LogP contribution in [0.2, 0.25) is 0 Å². The van der Waals surface area contributed by atoms with E-state index < -0.39 is 0 Å². The molecule has 0 radical (unpaired) electrons. The Labute approximate surface area is 127 Å². The number of nitrogens with zero attached hydrogens (tertiary/aromatic N) is 1. The third-order valence-corrected chi connectivity index (χ3v) is 5.97. The lowest BCUT2D eigenvalue weighted by Crippen LogP contribution is -2.65. The van der Waals surface area contributed by atoms with Crippen molar-refractivity contribution >= 4 is 11.9 Å². The van der Waals surface area contributed by atoms with Crippen LogP contribution in [-0.4, -0.2) is 35.0 Å². The maximum absolute atomic E-state index is 12.7. The Morgan fingerprint density at radius 1 is 1.33 bits per heavy atom.